The number of carbonyl (C=O) groups excluding carboxylic acids is 1. The summed E-state index contributed by atoms with van der Waals surface area (Å²) < 4.78 is 10.7. The monoisotopic (exact) mass is 440 g/mol. The van der Waals surface area contributed by atoms with E-state index in [9.17, 15) is 4.79 Å². The zero-order valence-electron chi connectivity index (χ0n) is 18.1. The van der Waals surface area contributed by atoms with Gasteiger partial charge in [-0.25, -0.2) is 4.79 Å². The second-order valence-electron chi connectivity index (χ2n) is 7.59. The molecule has 0 aliphatic carbocycles. The summed E-state index contributed by atoms with van der Waals surface area (Å²) in [6.45, 7) is 0. The van der Waals surface area contributed by atoms with Crippen LogP contribution in [0.4, 0.5) is 0 Å². The summed E-state index contributed by atoms with van der Waals surface area (Å²) >= 11 is 0. The Labute approximate surface area is 191 Å². The number of para-hydroxylation sites is 1. The Morgan fingerprint density at radius 3 is 2.33 bits per heavy atom. The zero-order chi connectivity index (χ0) is 23.4. The molecule has 1 aliphatic rings. The van der Waals surface area contributed by atoms with E-state index in [-0.39, 0.29) is 5.84 Å². The Balaban J connectivity index is 1.67. The van der Waals surface area contributed by atoms with Gasteiger partial charge in [-0.15, -0.1) is 0 Å². The maximum Gasteiger partial charge on any atom is 0.337 e. The first-order valence-electron chi connectivity index (χ1n) is 10.4. The molecule has 0 saturated carbocycles. The Morgan fingerprint density at radius 1 is 0.970 bits per heavy atom. The number of nitrogens with two attached hydrogens (primary N) is 2. The number of methoxy groups -OCH3 is 1. The van der Waals surface area contributed by atoms with Crippen LogP contribution in [0.2, 0.25) is 0 Å². The average Bonchev–Trinajstić information content (AvgIpc) is 2.84. The number of esters is 1. The molecule has 0 bridgehead atoms. The highest BCUT2D eigenvalue weighted by atomic mass is 16.5. The van der Waals surface area contributed by atoms with E-state index in [0.717, 1.165) is 16.9 Å². The minimum Gasteiger partial charge on any atom is -0.465 e. The highest BCUT2D eigenvalue weighted by Gasteiger charge is 2.31. The molecule has 0 spiro atoms. The molecule has 2 unspecified atom stereocenters. The molecule has 0 radical (unpaired) electrons. The van der Waals surface area contributed by atoms with Crippen LogP contribution in [0.25, 0.3) is 0 Å². The number of nitrogens with one attached hydrogen (secondary N) is 1. The van der Waals surface area contributed by atoms with Crippen LogP contribution < -0.4 is 16.2 Å². The summed E-state index contributed by atoms with van der Waals surface area (Å²) in [5, 5.41) is 8.08. The molecule has 0 saturated heterocycles. The molecule has 166 valence electrons. The number of benzene rings is 3. The predicted octanol–water partition coefficient (Wildman–Crippen LogP) is 4.20. The third kappa shape index (κ3) is 4.77. The third-order valence-corrected chi connectivity index (χ3v) is 5.37. The van der Waals surface area contributed by atoms with E-state index < -0.39 is 17.9 Å². The van der Waals surface area contributed by atoms with Gasteiger partial charge in [-0.05, 0) is 48.0 Å². The van der Waals surface area contributed by atoms with E-state index in [1.54, 1.807) is 24.3 Å². The lowest BCUT2D eigenvalue weighted by molar-refractivity contribution is 0.0600. The Morgan fingerprint density at radius 2 is 1.67 bits per heavy atom. The first-order chi connectivity index (χ1) is 16.0. The first-order valence-corrected chi connectivity index (χ1v) is 10.4. The lowest BCUT2D eigenvalue weighted by Crippen LogP contribution is -2.35. The number of nitrogens with zero attached hydrogens (tertiary/aromatic N) is 1. The van der Waals surface area contributed by atoms with Gasteiger partial charge >= 0.3 is 5.97 Å². The van der Waals surface area contributed by atoms with Gasteiger partial charge in [0.25, 0.3) is 0 Å². The van der Waals surface area contributed by atoms with Crippen LogP contribution in [-0.2, 0) is 4.74 Å². The normalized spacial score (nSPS) is 17.5. The summed E-state index contributed by atoms with van der Waals surface area (Å²) in [4.78, 5) is 16.8. The van der Waals surface area contributed by atoms with Crippen molar-refractivity contribution in [3.05, 3.63) is 107 Å². The molecule has 1 aliphatic heterocycles. The smallest absolute Gasteiger partial charge is 0.337 e. The van der Waals surface area contributed by atoms with Crippen molar-refractivity contribution >= 4 is 17.5 Å². The Hall–Kier alpha value is -4.39. The topological polar surface area (TPSA) is 124 Å². The van der Waals surface area contributed by atoms with Crippen molar-refractivity contribution in [1.82, 2.24) is 0 Å². The number of amidine groups is 1. The first kappa shape index (κ1) is 21.8. The van der Waals surface area contributed by atoms with Crippen LogP contribution >= 0.6 is 0 Å². The number of dihydropyridines is 1. The number of hydrogen-bond donors (Lipinski definition) is 3. The molecule has 2 atom stereocenters. The lowest BCUT2D eigenvalue weighted by atomic mass is 9.86. The minimum atomic E-state index is -0.571. The second-order valence-corrected chi connectivity index (χ2v) is 7.59. The minimum absolute atomic E-state index is 0.0653. The average molecular weight is 441 g/mol. The second kappa shape index (κ2) is 9.40. The molecule has 3 aromatic carbocycles. The molecule has 0 aromatic heterocycles. The molecule has 3 aromatic rings. The van der Waals surface area contributed by atoms with Crippen molar-refractivity contribution in [3.8, 4) is 11.5 Å². The molecule has 0 fully saturated rings. The molecule has 4 rings (SSSR count). The summed E-state index contributed by atoms with van der Waals surface area (Å²) in [6, 6.07) is 23.5. The largest absolute Gasteiger partial charge is 0.465 e. The van der Waals surface area contributed by atoms with Crippen LogP contribution in [0.3, 0.4) is 0 Å². The number of rotatable bonds is 6. The molecule has 7 heteroatoms. The predicted molar refractivity (Wildman–Crippen MR) is 128 cm³/mol. The van der Waals surface area contributed by atoms with Gasteiger partial charge in [-0.3, -0.25) is 10.4 Å². The van der Waals surface area contributed by atoms with Crippen LogP contribution in [-0.4, -0.2) is 24.6 Å². The van der Waals surface area contributed by atoms with Gasteiger partial charge < -0.3 is 20.9 Å². The lowest BCUT2D eigenvalue weighted by Gasteiger charge is -2.28. The maximum atomic E-state index is 11.9. The van der Waals surface area contributed by atoms with Gasteiger partial charge in [-0.1, -0.05) is 42.5 Å². The summed E-state index contributed by atoms with van der Waals surface area (Å²) in [6.07, 6.45) is 1.70. The van der Waals surface area contributed by atoms with E-state index in [1.165, 1.54) is 7.11 Å². The maximum absolute atomic E-state index is 11.9. The van der Waals surface area contributed by atoms with E-state index in [2.05, 4.69) is 0 Å². The highest BCUT2D eigenvalue weighted by Crippen LogP contribution is 2.35. The number of allylic oxidation sites excluding steroid dienone is 1. The van der Waals surface area contributed by atoms with Gasteiger partial charge in [-0.2, -0.15) is 0 Å². The van der Waals surface area contributed by atoms with Gasteiger partial charge in [0, 0.05) is 11.3 Å². The van der Waals surface area contributed by atoms with E-state index in [1.807, 2.05) is 60.7 Å². The summed E-state index contributed by atoms with van der Waals surface area (Å²) in [5.74, 6) is 0.349. The molecule has 7 nitrogen and oxygen atoms in total. The van der Waals surface area contributed by atoms with Gasteiger partial charge in [0.2, 0.25) is 0 Å². The van der Waals surface area contributed by atoms with Crippen LogP contribution in [0.1, 0.15) is 27.5 Å². The third-order valence-electron chi connectivity index (χ3n) is 5.37. The fourth-order valence-corrected chi connectivity index (χ4v) is 3.75. The van der Waals surface area contributed by atoms with Gasteiger partial charge in [0.15, 0.2) is 0 Å². The molecular weight excluding hydrogens is 416 g/mol. The quantitative estimate of drug-likeness (QED) is 0.301. The van der Waals surface area contributed by atoms with Crippen molar-refractivity contribution in [3.63, 3.8) is 0 Å². The van der Waals surface area contributed by atoms with Crippen molar-refractivity contribution in [2.24, 2.45) is 22.4 Å². The number of carbonyl (C=O) groups is 1. The standard InChI is InChI=1S/C26H24N4O3/c1-32-26(31)18-7-5-6-17(14-18)22-15-21(27)23(25(28)29)24(30-22)16-10-12-20(13-11-16)33-19-8-3-2-4-9-19/h2-15,23-24H,27H2,1H3,(H3,28,29). The van der Waals surface area contributed by atoms with Crippen molar-refractivity contribution < 1.29 is 14.3 Å². The number of aliphatic imine (C=N–C) groups is 1. The van der Waals surface area contributed by atoms with Crippen LogP contribution in [0, 0.1) is 11.3 Å². The fourth-order valence-electron chi connectivity index (χ4n) is 3.75. The van der Waals surface area contributed by atoms with Gasteiger partial charge in [0.05, 0.1) is 30.3 Å². The van der Waals surface area contributed by atoms with Crippen LogP contribution in [0.5, 0.6) is 11.5 Å². The molecule has 0 amide bonds. The highest BCUT2D eigenvalue weighted by molar-refractivity contribution is 6.11. The number of hydrogen-bond acceptors (Lipinski definition) is 6. The van der Waals surface area contributed by atoms with E-state index in [0.29, 0.717) is 22.7 Å². The van der Waals surface area contributed by atoms with Gasteiger partial charge in [0.1, 0.15) is 17.3 Å². The van der Waals surface area contributed by atoms with Crippen LogP contribution in [0.15, 0.2) is 95.6 Å². The van der Waals surface area contributed by atoms with Crippen molar-refractivity contribution in [2.45, 2.75) is 6.04 Å². The van der Waals surface area contributed by atoms with E-state index >= 15 is 0 Å². The summed E-state index contributed by atoms with van der Waals surface area (Å²) in [5.41, 5.74) is 15.2. The molecular formula is C26H24N4O3. The van der Waals surface area contributed by atoms with Crippen molar-refractivity contribution in [1.29, 1.82) is 5.41 Å². The SMILES string of the molecule is COC(=O)c1cccc(C2=NC(c3ccc(Oc4ccccc4)cc3)C(C(=N)N)C(N)=C2)c1. The zero-order valence-corrected chi connectivity index (χ0v) is 18.1. The van der Waals surface area contributed by atoms with Crippen molar-refractivity contribution in [2.75, 3.05) is 7.11 Å². The Bertz CT molecular complexity index is 1230. The molecule has 33 heavy (non-hydrogen) atoms. The fraction of sp³-hybridized carbons (Fsp3) is 0.115. The molecule has 1 heterocycles. The van der Waals surface area contributed by atoms with E-state index in [4.69, 9.17) is 31.3 Å². The Kier molecular flexibility index (Phi) is 6.22. The summed E-state index contributed by atoms with van der Waals surface area (Å²) in [7, 11) is 1.34. The molecule has 5 N–H and O–H groups in total. The number of ether oxygens (including phenoxy) is 2.